The summed E-state index contributed by atoms with van der Waals surface area (Å²) in [5.41, 5.74) is 0. The summed E-state index contributed by atoms with van der Waals surface area (Å²) < 4.78 is 34.1. The minimum absolute atomic E-state index is 0. The van der Waals surface area contributed by atoms with E-state index in [1.54, 1.807) is 6.92 Å². The van der Waals surface area contributed by atoms with Crippen LogP contribution in [0.5, 0.6) is 0 Å². The number of hydrogen-bond donors (Lipinski definition) is 0. The Morgan fingerprint density at radius 3 is 1.11 bits per heavy atom. The fourth-order valence-corrected chi connectivity index (χ4v) is 0.249. The molecule has 0 fully saturated rings. The van der Waals surface area contributed by atoms with E-state index < -0.39 is 10.4 Å². The zero-order valence-electron chi connectivity index (χ0n) is 9.37. The van der Waals surface area contributed by atoms with Gasteiger partial charge in [-0.3, -0.25) is 18.0 Å². The zero-order valence-corrected chi connectivity index (χ0v) is 11.1. The summed E-state index contributed by atoms with van der Waals surface area (Å²) in [7, 11) is -5.17. The van der Waals surface area contributed by atoms with Crippen LogP contribution < -0.4 is 0 Å². The molecule has 0 saturated carbocycles. The van der Waals surface area contributed by atoms with E-state index in [1.807, 2.05) is 0 Å². The van der Waals surface area contributed by atoms with Gasteiger partial charge in [0, 0.05) is 23.7 Å². The molecule has 10 N–H and O–H groups in total. The minimum atomic E-state index is -5.17. The number of ketones is 2. The standard InChI is InChI=1S/C5H8O2.Cu.H2O4S.5H2O/c1-3-5(7)4(2)6;;1-5(2,3)4;;;;;/h3H2,1-2H3;;(H2,1,2,3,4);5*1H2/q;+2;;;;;;/p-2. The fraction of sp³-hybridized carbons (Fsp3) is 0.600. The van der Waals surface area contributed by atoms with Gasteiger partial charge in [-0.05, 0) is 0 Å². The first-order valence-corrected chi connectivity index (χ1v) is 4.22. The molecule has 1 radical (unpaired) electrons. The van der Waals surface area contributed by atoms with Crippen LogP contribution in [0.25, 0.3) is 0 Å². The van der Waals surface area contributed by atoms with E-state index in [-0.39, 0.29) is 56.0 Å². The first-order valence-electron chi connectivity index (χ1n) is 2.89. The molecule has 0 aliphatic heterocycles. The third kappa shape index (κ3) is 107. The van der Waals surface area contributed by atoms with Crippen molar-refractivity contribution in [1.29, 1.82) is 0 Å². The largest absolute Gasteiger partial charge is 2.00 e. The average molecular weight is 350 g/mol. The van der Waals surface area contributed by atoms with Gasteiger partial charge in [-0.15, -0.1) is 0 Å². The van der Waals surface area contributed by atoms with Gasteiger partial charge in [0.15, 0.2) is 11.6 Å². The van der Waals surface area contributed by atoms with Gasteiger partial charge in [-0.1, -0.05) is 6.92 Å². The summed E-state index contributed by atoms with van der Waals surface area (Å²) in [4.78, 5) is 20.2. The summed E-state index contributed by atoms with van der Waals surface area (Å²) in [5.74, 6) is -0.637. The van der Waals surface area contributed by atoms with E-state index in [0.717, 1.165) is 0 Å². The molecule has 0 heterocycles. The Balaban J connectivity index is -0.0000000142. The molecule has 18 heavy (non-hydrogen) atoms. The Kier molecular flexibility index (Phi) is 74.4. The normalized spacial score (nSPS) is 6.44. The maximum absolute atomic E-state index is 10.2. The van der Waals surface area contributed by atoms with Gasteiger partial charge < -0.3 is 36.5 Å². The van der Waals surface area contributed by atoms with Gasteiger partial charge in [-0.2, -0.15) is 0 Å². The van der Waals surface area contributed by atoms with Crippen LogP contribution in [0.1, 0.15) is 20.3 Å². The van der Waals surface area contributed by atoms with Crippen molar-refractivity contribution < 1.29 is 71.6 Å². The van der Waals surface area contributed by atoms with E-state index in [0.29, 0.717) is 6.42 Å². The molecule has 0 amide bonds. The second kappa shape index (κ2) is 25.4. The monoisotopic (exact) mass is 349 g/mol. The van der Waals surface area contributed by atoms with Crippen molar-refractivity contribution >= 4 is 22.0 Å². The van der Waals surface area contributed by atoms with E-state index in [4.69, 9.17) is 17.5 Å². The maximum Gasteiger partial charge on any atom is 2.00 e. The molecule has 121 valence electrons. The maximum atomic E-state index is 10.2. The summed E-state index contributed by atoms with van der Waals surface area (Å²) in [5, 5.41) is 0. The first kappa shape index (κ1) is 52.7. The Labute approximate surface area is 114 Å². The Bertz CT molecular complexity index is 253. The Morgan fingerprint density at radius 2 is 1.11 bits per heavy atom. The summed E-state index contributed by atoms with van der Waals surface area (Å²) in [6, 6.07) is 0. The molecular formula is C5H18CuO11S. The number of rotatable bonds is 2. The summed E-state index contributed by atoms with van der Waals surface area (Å²) in [6.07, 6.45) is 0.329. The molecule has 11 nitrogen and oxygen atoms in total. The molecule has 0 rings (SSSR count). The molecule has 0 aliphatic rings. The van der Waals surface area contributed by atoms with Crippen LogP contribution in [0, 0.1) is 0 Å². The molecule has 0 spiro atoms. The smallest absolute Gasteiger partial charge is 0.759 e. The molecular weight excluding hydrogens is 332 g/mol. The van der Waals surface area contributed by atoms with Gasteiger partial charge in [0.25, 0.3) is 0 Å². The summed E-state index contributed by atoms with van der Waals surface area (Å²) >= 11 is 0. The summed E-state index contributed by atoms with van der Waals surface area (Å²) in [6.45, 7) is 2.95. The van der Waals surface area contributed by atoms with Crippen molar-refractivity contribution in [2.24, 2.45) is 0 Å². The fourth-order valence-electron chi connectivity index (χ4n) is 0.249. The van der Waals surface area contributed by atoms with Crippen molar-refractivity contribution in [3.05, 3.63) is 0 Å². The van der Waals surface area contributed by atoms with Gasteiger partial charge in [0.2, 0.25) is 0 Å². The van der Waals surface area contributed by atoms with Gasteiger partial charge in [0.05, 0.1) is 0 Å². The second-order valence-electron chi connectivity index (χ2n) is 1.74. The third-order valence-electron chi connectivity index (χ3n) is 0.714. The topological polar surface area (TPSA) is 272 Å². The van der Waals surface area contributed by atoms with Gasteiger partial charge in [0.1, 0.15) is 0 Å². The van der Waals surface area contributed by atoms with Gasteiger partial charge >= 0.3 is 17.1 Å². The van der Waals surface area contributed by atoms with Crippen molar-refractivity contribution in [1.82, 2.24) is 0 Å². The van der Waals surface area contributed by atoms with Crippen LogP contribution in [0.2, 0.25) is 0 Å². The number of carbonyl (C=O) groups is 2. The molecule has 0 unspecified atom stereocenters. The quantitative estimate of drug-likeness (QED) is 0.203. The van der Waals surface area contributed by atoms with Crippen molar-refractivity contribution in [2.75, 3.05) is 0 Å². The average Bonchev–Trinajstić information content (AvgIpc) is 1.82. The van der Waals surface area contributed by atoms with Gasteiger partial charge in [-0.25, -0.2) is 0 Å². The number of hydrogen-bond acceptors (Lipinski definition) is 6. The third-order valence-corrected chi connectivity index (χ3v) is 0.714. The molecule has 0 saturated heterocycles. The zero-order chi connectivity index (χ0) is 10.4. The molecule has 0 aromatic heterocycles. The molecule has 13 heteroatoms. The Morgan fingerprint density at radius 1 is 0.944 bits per heavy atom. The van der Waals surface area contributed by atoms with Crippen LogP contribution >= 0.6 is 0 Å². The van der Waals surface area contributed by atoms with Crippen LogP contribution in [0.3, 0.4) is 0 Å². The molecule has 0 aromatic carbocycles. The van der Waals surface area contributed by atoms with E-state index >= 15 is 0 Å². The van der Waals surface area contributed by atoms with E-state index in [1.165, 1.54) is 6.92 Å². The predicted molar refractivity (Wildman–Crippen MR) is 54.5 cm³/mol. The second-order valence-corrected chi connectivity index (χ2v) is 2.56. The SMILES string of the molecule is CCC(=O)C(C)=O.O.O.O.O.O.O=S(=O)([O-])[O-].[Cu+2]. The van der Waals surface area contributed by atoms with Crippen molar-refractivity contribution in [3.8, 4) is 0 Å². The molecule has 0 aliphatic carbocycles. The van der Waals surface area contributed by atoms with Crippen molar-refractivity contribution in [3.63, 3.8) is 0 Å². The van der Waals surface area contributed by atoms with E-state index in [9.17, 15) is 9.59 Å². The Hall–Kier alpha value is -0.471. The number of Topliss-reactive ketones (excluding diaryl/α,β-unsaturated/α-hetero) is 2. The van der Waals surface area contributed by atoms with Crippen LogP contribution in [0.4, 0.5) is 0 Å². The number of carbonyl (C=O) groups excluding carboxylic acids is 2. The van der Waals surface area contributed by atoms with Crippen LogP contribution in [-0.4, -0.2) is 56.5 Å². The first-order chi connectivity index (χ1) is 5.18. The minimum Gasteiger partial charge on any atom is -0.759 e. The molecule has 0 aromatic rings. The predicted octanol–water partition coefficient (Wildman–Crippen LogP) is -4.91. The van der Waals surface area contributed by atoms with Crippen LogP contribution in [-0.2, 0) is 37.1 Å². The van der Waals surface area contributed by atoms with E-state index in [2.05, 4.69) is 0 Å². The molecule has 0 atom stereocenters. The van der Waals surface area contributed by atoms with Crippen LogP contribution in [0.15, 0.2) is 0 Å². The molecule has 0 bridgehead atoms. The van der Waals surface area contributed by atoms with Crippen molar-refractivity contribution in [2.45, 2.75) is 20.3 Å².